The number of carbonyl (C=O) groups is 6. The highest BCUT2D eigenvalue weighted by Gasteiger charge is 2.66. The van der Waals surface area contributed by atoms with E-state index in [1.165, 1.54) is 6.07 Å². The Bertz CT molecular complexity index is 1190. The van der Waals surface area contributed by atoms with Crippen molar-refractivity contribution in [2.45, 2.75) is 38.2 Å². The lowest BCUT2D eigenvalue weighted by Crippen LogP contribution is -2.68. The number of benzene rings is 1. The topological polar surface area (TPSA) is 172 Å². The Balaban J connectivity index is 1.87. The van der Waals surface area contributed by atoms with E-state index in [1.54, 1.807) is 25.9 Å². The molecule has 0 heterocycles. The molecule has 180 valence electrons. The Labute approximate surface area is 195 Å². The average molecular weight is 470 g/mol. The lowest BCUT2D eigenvalue weighted by Gasteiger charge is -2.48. The number of aromatic hydroxyl groups is 1. The van der Waals surface area contributed by atoms with E-state index in [1.807, 2.05) is 0 Å². The Hall–Kier alpha value is -3.40. The van der Waals surface area contributed by atoms with Gasteiger partial charge in [0.2, 0.25) is 5.91 Å². The summed E-state index contributed by atoms with van der Waals surface area (Å²) in [4.78, 5) is 78.4. The van der Waals surface area contributed by atoms with Gasteiger partial charge in [-0.15, -0.1) is 0 Å². The molecule has 1 amide bonds. The van der Waals surface area contributed by atoms with Gasteiger partial charge in [0.15, 0.2) is 40.4 Å². The van der Waals surface area contributed by atoms with Crippen LogP contribution in [-0.2, 0) is 25.6 Å². The fraction of sp³-hybridized carbons (Fsp3) is 0.500. The Morgan fingerprint density at radius 2 is 1.79 bits per heavy atom. The third-order valence-electron chi connectivity index (χ3n) is 7.48. The van der Waals surface area contributed by atoms with Crippen molar-refractivity contribution < 1.29 is 39.0 Å². The molecule has 1 aromatic carbocycles. The predicted octanol–water partition coefficient (Wildman–Crippen LogP) is -0.0144. The zero-order chi connectivity index (χ0) is 25.3. The van der Waals surface area contributed by atoms with Crippen molar-refractivity contribution in [1.29, 1.82) is 0 Å². The molecule has 0 spiro atoms. The maximum atomic E-state index is 13.6. The Morgan fingerprint density at radius 1 is 1.15 bits per heavy atom. The van der Waals surface area contributed by atoms with Crippen molar-refractivity contribution >= 4 is 40.5 Å². The number of Topliss-reactive ketones (excluding diaryl/α,β-unsaturated/α-hetero) is 5. The molecule has 0 saturated heterocycles. The molecular weight excluding hydrogens is 444 g/mol. The third kappa shape index (κ3) is 3.04. The highest BCUT2D eigenvalue weighted by Crippen LogP contribution is 2.51. The van der Waals surface area contributed by atoms with Gasteiger partial charge in [-0.25, -0.2) is 0 Å². The molecule has 10 nitrogen and oxygen atoms in total. The highest BCUT2D eigenvalue weighted by atomic mass is 16.3. The molecule has 34 heavy (non-hydrogen) atoms. The van der Waals surface area contributed by atoms with Crippen LogP contribution in [0.5, 0.6) is 5.75 Å². The number of amides is 1. The first kappa shape index (κ1) is 23.7. The smallest absolute Gasteiger partial charge is 0.235 e. The lowest BCUT2D eigenvalue weighted by atomic mass is 9.53. The van der Waals surface area contributed by atoms with Crippen LogP contribution in [0.4, 0.5) is 5.69 Å². The first-order valence-electron chi connectivity index (χ1n) is 11.1. The van der Waals surface area contributed by atoms with Gasteiger partial charge in [0.25, 0.3) is 0 Å². The molecule has 0 aromatic heterocycles. The van der Waals surface area contributed by atoms with Crippen LogP contribution in [0.2, 0.25) is 0 Å². The van der Waals surface area contributed by atoms with E-state index >= 15 is 0 Å². The predicted molar refractivity (Wildman–Crippen MR) is 117 cm³/mol. The molecule has 5 atom stereocenters. The number of anilines is 1. The summed E-state index contributed by atoms with van der Waals surface area (Å²) in [6, 6.07) is 1.51. The molecule has 3 aliphatic rings. The number of hydrogen-bond donors (Lipinski definition) is 3. The SMILES string of the molecule is CCC(=O)c1cc(N(C)C)c2c(c1O)C(=O)C1C(=O)[C@]3(O)C(=O)C(C(N)=O)C(=O)C[C@@H]3C[C@@H]1C2. The van der Waals surface area contributed by atoms with Gasteiger partial charge in [-0.3, -0.25) is 28.8 Å². The van der Waals surface area contributed by atoms with E-state index in [2.05, 4.69) is 0 Å². The molecule has 3 aliphatic carbocycles. The number of carbonyl (C=O) groups excluding carboxylic acids is 6. The molecule has 1 aromatic rings. The van der Waals surface area contributed by atoms with Crippen LogP contribution in [0.15, 0.2) is 6.07 Å². The molecule has 2 fully saturated rings. The molecular formula is C24H26N2O8. The van der Waals surface area contributed by atoms with Crippen molar-refractivity contribution in [3.05, 3.63) is 22.8 Å². The van der Waals surface area contributed by atoms with Crippen LogP contribution < -0.4 is 10.6 Å². The number of nitrogens with two attached hydrogens (primary N) is 1. The molecule has 2 saturated carbocycles. The number of hydrogen-bond acceptors (Lipinski definition) is 9. The van der Waals surface area contributed by atoms with Crippen LogP contribution in [-0.4, -0.2) is 64.7 Å². The molecule has 4 N–H and O–H groups in total. The van der Waals surface area contributed by atoms with Crippen LogP contribution >= 0.6 is 0 Å². The van der Waals surface area contributed by atoms with E-state index in [0.29, 0.717) is 11.3 Å². The molecule has 2 unspecified atom stereocenters. The summed E-state index contributed by atoms with van der Waals surface area (Å²) >= 11 is 0. The maximum Gasteiger partial charge on any atom is 0.235 e. The monoisotopic (exact) mass is 470 g/mol. The largest absolute Gasteiger partial charge is 0.506 e. The van der Waals surface area contributed by atoms with Crippen LogP contribution in [0.3, 0.4) is 0 Å². The second-order valence-electron chi connectivity index (χ2n) is 9.56. The fourth-order valence-electron chi connectivity index (χ4n) is 5.82. The van der Waals surface area contributed by atoms with Crippen molar-refractivity contribution in [2.75, 3.05) is 19.0 Å². The zero-order valence-electron chi connectivity index (χ0n) is 19.1. The van der Waals surface area contributed by atoms with E-state index < -0.39 is 69.8 Å². The third-order valence-corrected chi connectivity index (χ3v) is 7.48. The van der Waals surface area contributed by atoms with Gasteiger partial charge in [0.1, 0.15) is 5.75 Å². The molecule has 10 heteroatoms. The van der Waals surface area contributed by atoms with Crippen LogP contribution in [0.25, 0.3) is 0 Å². The normalized spacial score (nSPS) is 30.4. The van der Waals surface area contributed by atoms with Gasteiger partial charge < -0.3 is 20.8 Å². The lowest BCUT2D eigenvalue weighted by molar-refractivity contribution is -0.175. The summed E-state index contributed by atoms with van der Waals surface area (Å²) in [5.41, 5.74) is 3.26. The number of ketones is 5. The summed E-state index contributed by atoms with van der Waals surface area (Å²) in [5, 5.41) is 22.1. The van der Waals surface area contributed by atoms with Crippen LogP contribution in [0, 0.1) is 23.7 Å². The number of fused-ring (bicyclic) bond motifs is 3. The number of primary amides is 1. The van der Waals surface area contributed by atoms with Gasteiger partial charge in [0.05, 0.1) is 17.0 Å². The number of aliphatic hydroxyl groups is 1. The minimum atomic E-state index is -2.70. The standard InChI is InChI=1S/C24H26N2O8/c1-4-14(27)12-8-13(26(2)3)11-6-9-5-10-7-15(28)18(23(25)33)22(32)24(10,34)21(31)16(9)20(30)17(11)19(12)29/h8-10,16,18,29,34H,4-7H2,1-3H3,(H2,25,33)/t9-,10+,16?,18?,24+/m1/s1. The number of phenols is 1. The summed E-state index contributed by atoms with van der Waals surface area (Å²) in [5.74, 6) is -11.2. The second-order valence-corrected chi connectivity index (χ2v) is 9.56. The zero-order valence-corrected chi connectivity index (χ0v) is 19.1. The Kier molecular flexibility index (Phi) is 5.47. The van der Waals surface area contributed by atoms with E-state index in [4.69, 9.17) is 5.73 Å². The maximum absolute atomic E-state index is 13.6. The first-order valence-corrected chi connectivity index (χ1v) is 11.1. The summed E-state index contributed by atoms with van der Waals surface area (Å²) in [6.45, 7) is 1.61. The van der Waals surface area contributed by atoms with Crippen molar-refractivity contribution in [3.8, 4) is 5.75 Å². The number of rotatable bonds is 4. The first-order chi connectivity index (χ1) is 15.9. The number of nitrogens with zero attached hydrogens (tertiary/aromatic N) is 1. The fourth-order valence-corrected chi connectivity index (χ4v) is 5.82. The molecule has 0 radical (unpaired) electrons. The van der Waals surface area contributed by atoms with Crippen molar-refractivity contribution in [3.63, 3.8) is 0 Å². The Morgan fingerprint density at radius 3 is 2.35 bits per heavy atom. The molecule has 0 aliphatic heterocycles. The van der Waals surface area contributed by atoms with Gasteiger partial charge in [-0.1, -0.05) is 6.92 Å². The van der Waals surface area contributed by atoms with E-state index in [-0.39, 0.29) is 36.8 Å². The minimum Gasteiger partial charge on any atom is -0.506 e. The van der Waals surface area contributed by atoms with Gasteiger partial charge in [-0.2, -0.15) is 0 Å². The highest BCUT2D eigenvalue weighted by molar-refractivity contribution is 6.31. The van der Waals surface area contributed by atoms with Crippen molar-refractivity contribution in [2.24, 2.45) is 29.4 Å². The molecule has 0 bridgehead atoms. The summed E-state index contributed by atoms with van der Waals surface area (Å²) in [6.07, 6.45) is -0.129. The number of phenolic OH excluding ortho intramolecular Hbond substituents is 1. The van der Waals surface area contributed by atoms with Gasteiger partial charge in [0, 0.05) is 38.5 Å². The van der Waals surface area contributed by atoms with E-state index in [0.717, 1.165) is 0 Å². The summed E-state index contributed by atoms with van der Waals surface area (Å²) < 4.78 is 0. The van der Waals surface area contributed by atoms with Gasteiger partial charge in [-0.05, 0) is 30.4 Å². The van der Waals surface area contributed by atoms with Crippen molar-refractivity contribution in [1.82, 2.24) is 0 Å². The van der Waals surface area contributed by atoms with E-state index in [9.17, 15) is 39.0 Å². The van der Waals surface area contributed by atoms with Crippen LogP contribution in [0.1, 0.15) is 52.5 Å². The average Bonchev–Trinajstić information content (AvgIpc) is 2.75. The van der Waals surface area contributed by atoms with Gasteiger partial charge >= 0.3 is 0 Å². The summed E-state index contributed by atoms with van der Waals surface area (Å²) in [7, 11) is 3.44. The quantitative estimate of drug-likeness (QED) is 0.404. The molecule has 4 rings (SSSR count). The minimum absolute atomic E-state index is 0.0182. The second kappa shape index (κ2) is 7.83.